The van der Waals surface area contributed by atoms with E-state index in [9.17, 15) is 0 Å². The Bertz CT molecular complexity index is 273. The second-order valence-corrected chi connectivity index (χ2v) is 5.98. The molecular weight excluding hydrogens is 246 g/mol. The summed E-state index contributed by atoms with van der Waals surface area (Å²) in [6.07, 6.45) is 9.95. The molecule has 2 aliphatic heterocycles. The molecule has 0 spiro atoms. The molecular formula is C12H20B2O5. The molecule has 4 unspecified atom stereocenters. The summed E-state index contributed by atoms with van der Waals surface area (Å²) in [6, 6.07) is 0. The van der Waals surface area contributed by atoms with Crippen LogP contribution < -0.4 is 0 Å². The first kappa shape index (κ1) is 12.7. The summed E-state index contributed by atoms with van der Waals surface area (Å²) in [5.41, 5.74) is 0. The highest BCUT2D eigenvalue weighted by atomic mass is 16.8. The second kappa shape index (κ2) is 5.37. The molecule has 2 saturated carbocycles. The van der Waals surface area contributed by atoms with Crippen LogP contribution in [0.5, 0.6) is 0 Å². The van der Waals surface area contributed by atoms with Gasteiger partial charge in [-0.1, -0.05) is 25.7 Å². The number of rotatable bonds is 2. The molecule has 4 atom stereocenters. The minimum absolute atomic E-state index is 0.197. The highest BCUT2D eigenvalue weighted by Gasteiger charge is 2.50. The fourth-order valence-corrected chi connectivity index (χ4v) is 3.60. The Labute approximate surface area is 114 Å². The number of hydrogen-bond acceptors (Lipinski definition) is 5. The van der Waals surface area contributed by atoms with Crippen LogP contribution in [0.4, 0.5) is 0 Å². The van der Waals surface area contributed by atoms with Gasteiger partial charge in [0.25, 0.3) is 0 Å². The normalized spacial score (nSPS) is 42.3. The van der Waals surface area contributed by atoms with E-state index < -0.39 is 14.6 Å². The fourth-order valence-electron chi connectivity index (χ4n) is 3.60. The zero-order valence-corrected chi connectivity index (χ0v) is 11.2. The van der Waals surface area contributed by atoms with Crippen molar-refractivity contribution >= 4 is 14.6 Å². The molecule has 5 nitrogen and oxygen atoms in total. The van der Waals surface area contributed by atoms with Crippen LogP contribution in [0.1, 0.15) is 51.4 Å². The molecule has 2 aliphatic carbocycles. The van der Waals surface area contributed by atoms with Gasteiger partial charge < -0.3 is 23.2 Å². The van der Waals surface area contributed by atoms with Gasteiger partial charge in [-0.3, -0.25) is 0 Å². The predicted octanol–water partition coefficient (Wildman–Crippen LogP) is 1.69. The van der Waals surface area contributed by atoms with Gasteiger partial charge in [-0.05, 0) is 25.7 Å². The van der Waals surface area contributed by atoms with Crippen LogP contribution >= 0.6 is 0 Å². The lowest BCUT2D eigenvalue weighted by Crippen LogP contribution is -2.33. The lowest BCUT2D eigenvalue weighted by molar-refractivity contribution is 0.110. The molecule has 2 heterocycles. The first-order chi connectivity index (χ1) is 9.38. The quantitative estimate of drug-likeness (QED) is 0.711. The van der Waals surface area contributed by atoms with Crippen LogP contribution in [0.25, 0.3) is 0 Å². The Kier molecular flexibility index (Phi) is 3.58. The topological polar surface area (TPSA) is 46.2 Å². The van der Waals surface area contributed by atoms with Gasteiger partial charge in [0.15, 0.2) is 0 Å². The Morgan fingerprint density at radius 3 is 1.21 bits per heavy atom. The van der Waals surface area contributed by atoms with E-state index in [1.54, 1.807) is 0 Å². The molecule has 4 fully saturated rings. The molecule has 0 aromatic heterocycles. The van der Waals surface area contributed by atoms with E-state index in [1.165, 1.54) is 25.7 Å². The van der Waals surface area contributed by atoms with Crippen molar-refractivity contribution in [2.75, 3.05) is 0 Å². The van der Waals surface area contributed by atoms with Gasteiger partial charge in [-0.25, -0.2) is 0 Å². The van der Waals surface area contributed by atoms with E-state index in [1.807, 2.05) is 0 Å². The van der Waals surface area contributed by atoms with Crippen molar-refractivity contribution in [3.63, 3.8) is 0 Å². The van der Waals surface area contributed by atoms with Crippen molar-refractivity contribution in [2.45, 2.75) is 75.8 Å². The van der Waals surface area contributed by atoms with E-state index >= 15 is 0 Å². The van der Waals surface area contributed by atoms with Crippen molar-refractivity contribution < 1.29 is 23.2 Å². The van der Waals surface area contributed by atoms with Gasteiger partial charge >= 0.3 is 14.6 Å². The molecule has 7 heteroatoms. The molecule has 0 radical (unpaired) electrons. The smallest absolute Gasteiger partial charge is 0.399 e. The lowest BCUT2D eigenvalue weighted by Gasteiger charge is -2.22. The zero-order valence-electron chi connectivity index (χ0n) is 11.2. The van der Waals surface area contributed by atoms with Crippen molar-refractivity contribution in [3.05, 3.63) is 0 Å². The SMILES string of the molecule is C1CCC2OB(OB3OC4CCCCC4O3)OC2C1. The van der Waals surface area contributed by atoms with Crippen molar-refractivity contribution in [3.8, 4) is 0 Å². The maximum atomic E-state index is 5.78. The van der Waals surface area contributed by atoms with Gasteiger partial charge in [0, 0.05) is 0 Å². The third-order valence-electron chi connectivity index (χ3n) is 4.65. The van der Waals surface area contributed by atoms with Crippen molar-refractivity contribution in [2.24, 2.45) is 0 Å². The Morgan fingerprint density at radius 1 is 0.579 bits per heavy atom. The maximum Gasteiger partial charge on any atom is 0.628 e. The molecule has 0 aromatic rings. The molecule has 0 amide bonds. The molecule has 0 aromatic carbocycles. The Hall–Kier alpha value is -0.0701. The van der Waals surface area contributed by atoms with Crippen LogP contribution in [-0.4, -0.2) is 39.1 Å². The Morgan fingerprint density at radius 2 is 0.895 bits per heavy atom. The van der Waals surface area contributed by atoms with Crippen LogP contribution in [0, 0.1) is 0 Å². The van der Waals surface area contributed by atoms with Gasteiger partial charge in [0.1, 0.15) is 0 Å². The summed E-state index contributed by atoms with van der Waals surface area (Å²) in [6.45, 7) is 0. The highest BCUT2D eigenvalue weighted by Crippen LogP contribution is 2.33. The summed E-state index contributed by atoms with van der Waals surface area (Å²) in [5.74, 6) is 0. The monoisotopic (exact) mass is 266 g/mol. The summed E-state index contributed by atoms with van der Waals surface area (Å²) in [5, 5.41) is 0. The first-order valence-electron chi connectivity index (χ1n) is 7.66. The Balaban J connectivity index is 1.30. The minimum Gasteiger partial charge on any atom is -0.399 e. The summed E-state index contributed by atoms with van der Waals surface area (Å²) in [7, 11) is -1.23. The van der Waals surface area contributed by atoms with Gasteiger partial charge in [-0.15, -0.1) is 0 Å². The van der Waals surface area contributed by atoms with Crippen LogP contribution in [-0.2, 0) is 23.2 Å². The standard InChI is InChI=1S/C12H20B2O5/c1-2-6-10-9(5-1)15-13(16-10)19-14-17-11-7-3-4-8-12(11)18-14/h9-12H,1-8H2. The highest BCUT2D eigenvalue weighted by molar-refractivity contribution is 6.52. The summed E-state index contributed by atoms with van der Waals surface area (Å²) < 4.78 is 28.8. The second-order valence-electron chi connectivity index (χ2n) is 5.98. The van der Waals surface area contributed by atoms with E-state index in [2.05, 4.69) is 0 Å². The average Bonchev–Trinajstić information content (AvgIpc) is 3.00. The van der Waals surface area contributed by atoms with E-state index in [4.69, 9.17) is 23.2 Å². The van der Waals surface area contributed by atoms with E-state index in [0.717, 1.165) is 25.7 Å². The molecule has 2 saturated heterocycles. The molecule has 0 N–H and O–H groups in total. The van der Waals surface area contributed by atoms with E-state index in [0.29, 0.717) is 0 Å². The van der Waals surface area contributed by atoms with Crippen LogP contribution in [0.3, 0.4) is 0 Å². The summed E-state index contributed by atoms with van der Waals surface area (Å²) >= 11 is 0. The fraction of sp³-hybridized carbons (Fsp3) is 1.00. The van der Waals surface area contributed by atoms with Crippen molar-refractivity contribution in [1.82, 2.24) is 0 Å². The van der Waals surface area contributed by atoms with E-state index in [-0.39, 0.29) is 24.4 Å². The summed E-state index contributed by atoms with van der Waals surface area (Å²) in [4.78, 5) is 0. The van der Waals surface area contributed by atoms with Crippen LogP contribution in [0.15, 0.2) is 0 Å². The third-order valence-corrected chi connectivity index (χ3v) is 4.65. The molecule has 4 aliphatic rings. The molecule has 19 heavy (non-hydrogen) atoms. The first-order valence-corrected chi connectivity index (χ1v) is 7.66. The third kappa shape index (κ3) is 2.59. The average molecular weight is 266 g/mol. The van der Waals surface area contributed by atoms with Gasteiger partial charge in [-0.2, -0.15) is 0 Å². The van der Waals surface area contributed by atoms with Gasteiger partial charge in [0.05, 0.1) is 24.4 Å². The minimum atomic E-state index is -0.613. The maximum absolute atomic E-state index is 5.78. The van der Waals surface area contributed by atoms with Crippen molar-refractivity contribution in [1.29, 1.82) is 0 Å². The lowest BCUT2D eigenvalue weighted by atomic mass is 9.95. The number of hydrogen-bond donors (Lipinski definition) is 0. The van der Waals surface area contributed by atoms with Crippen LogP contribution in [0.2, 0.25) is 0 Å². The number of fused-ring (bicyclic) bond motifs is 2. The van der Waals surface area contributed by atoms with Gasteiger partial charge in [0.2, 0.25) is 0 Å². The largest absolute Gasteiger partial charge is 0.628 e. The molecule has 4 rings (SSSR count). The molecule has 0 bridgehead atoms. The zero-order chi connectivity index (χ0) is 12.7. The molecule has 104 valence electrons. The predicted molar refractivity (Wildman–Crippen MR) is 69.0 cm³/mol.